The molecule has 4 aromatic rings. The first kappa shape index (κ1) is 25.0. The molecule has 0 spiro atoms. The summed E-state index contributed by atoms with van der Waals surface area (Å²) in [6.07, 6.45) is 0. The van der Waals surface area contributed by atoms with E-state index in [9.17, 15) is 0 Å². The molecule has 0 radical (unpaired) electrons. The fraction of sp³-hybridized carbons (Fsp3) is 0. The standard InChI is InChI=1S/4C6H7N.H2O/c4*7-6-4-2-1-3-5-6;/h4*1-5H,7H2;1H2. The van der Waals surface area contributed by atoms with Gasteiger partial charge in [-0.2, -0.15) is 0 Å². The number of benzene rings is 4. The van der Waals surface area contributed by atoms with E-state index in [0.29, 0.717) is 0 Å². The molecule has 0 aliphatic carbocycles. The molecular formula is C24H30N4O. The summed E-state index contributed by atoms with van der Waals surface area (Å²) in [4.78, 5) is 0. The van der Waals surface area contributed by atoms with Gasteiger partial charge in [0.05, 0.1) is 0 Å². The molecule has 0 heterocycles. The molecule has 0 saturated heterocycles. The highest BCUT2D eigenvalue weighted by molar-refractivity contribution is 5.37. The van der Waals surface area contributed by atoms with Crippen molar-refractivity contribution in [3.8, 4) is 0 Å². The molecule has 0 saturated carbocycles. The molecule has 0 bridgehead atoms. The van der Waals surface area contributed by atoms with Gasteiger partial charge in [-0.1, -0.05) is 72.8 Å². The predicted molar refractivity (Wildman–Crippen MR) is 127 cm³/mol. The van der Waals surface area contributed by atoms with Gasteiger partial charge in [-0.25, -0.2) is 0 Å². The number of hydrogen-bond acceptors (Lipinski definition) is 4. The van der Waals surface area contributed by atoms with Crippen LogP contribution in [0.3, 0.4) is 0 Å². The summed E-state index contributed by atoms with van der Waals surface area (Å²) >= 11 is 0. The normalized spacial score (nSPS) is 8.28. The third-order valence-electron chi connectivity index (χ3n) is 3.20. The largest absolute Gasteiger partial charge is 0.412 e. The van der Waals surface area contributed by atoms with Gasteiger partial charge in [-0.05, 0) is 48.5 Å². The zero-order valence-corrected chi connectivity index (χ0v) is 16.4. The van der Waals surface area contributed by atoms with Crippen LogP contribution in [0.15, 0.2) is 121 Å². The zero-order valence-electron chi connectivity index (χ0n) is 16.4. The third kappa shape index (κ3) is 14.9. The van der Waals surface area contributed by atoms with Crippen molar-refractivity contribution in [2.24, 2.45) is 0 Å². The maximum absolute atomic E-state index is 5.36. The molecule has 10 N–H and O–H groups in total. The van der Waals surface area contributed by atoms with Crippen LogP contribution in [0.5, 0.6) is 0 Å². The molecular weight excluding hydrogens is 360 g/mol. The van der Waals surface area contributed by atoms with E-state index in [4.69, 9.17) is 22.9 Å². The van der Waals surface area contributed by atoms with Crippen molar-refractivity contribution in [3.63, 3.8) is 0 Å². The Morgan fingerprint density at radius 2 is 0.414 bits per heavy atom. The molecule has 4 aromatic carbocycles. The lowest BCUT2D eigenvalue weighted by Gasteiger charge is -1.83. The highest BCUT2D eigenvalue weighted by Crippen LogP contribution is 1.97. The first-order valence-corrected chi connectivity index (χ1v) is 8.80. The van der Waals surface area contributed by atoms with Crippen molar-refractivity contribution >= 4 is 22.7 Å². The van der Waals surface area contributed by atoms with Crippen molar-refractivity contribution in [3.05, 3.63) is 121 Å². The minimum absolute atomic E-state index is 0. The van der Waals surface area contributed by atoms with E-state index in [-0.39, 0.29) is 5.48 Å². The molecule has 5 nitrogen and oxygen atoms in total. The lowest BCUT2D eigenvalue weighted by Crippen LogP contribution is -1.79. The van der Waals surface area contributed by atoms with Crippen molar-refractivity contribution in [1.82, 2.24) is 0 Å². The molecule has 0 unspecified atom stereocenters. The monoisotopic (exact) mass is 390 g/mol. The Morgan fingerprint density at radius 3 is 0.483 bits per heavy atom. The van der Waals surface area contributed by atoms with E-state index in [1.165, 1.54) is 0 Å². The maximum Gasteiger partial charge on any atom is 0.0313 e. The Bertz CT molecular complexity index is 693. The van der Waals surface area contributed by atoms with Crippen LogP contribution in [0.4, 0.5) is 22.7 Å². The predicted octanol–water partition coefficient (Wildman–Crippen LogP) is 4.25. The van der Waals surface area contributed by atoms with Gasteiger partial charge in [0.2, 0.25) is 0 Å². The van der Waals surface area contributed by atoms with E-state index >= 15 is 0 Å². The Balaban J connectivity index is 0.000000356. The maximum atomic E-state index is 5.36. The molecule has 152 valence electrons. The van der Waals surface area contributed by atoms with Crippen LogP contribution in [-0.4, -0.2) is 5.48 Å². The Labute approximate surface area is 172 Å². The number of nitrogens with two attached hydrogens (primary N) is 4. The van der Waals surface area contributed by atoms with E-state index < -0.39 is 0 Å². The second-order valence-corrected chi connectivity index (χ2v) is 5.64. The SMILES string of the molecule is Nc1ccccc1.Nc1ccccc1.Nc1ccccc1.Nc1ccccc1.O. The molecule has 0 atom stereocenters. The molecule has 29 heavy (non-hydrogen) atoms. The van der Waals surface area contributed by atoms with Gasteiger partial charge >= 0.3 is 0 Å². The van der Waals surface area contributed by atoms with Crippen molar-refractivity contribution < 1.29 is 5.48 Å². The van der Waals surface area contributed by atoms with Crippen LogP contribution >= 0.6 is 0 Å². The summed E-state index contributed by atoms with van der Waals surface area (Å²) in [6, 6.07) is 37.9. The summed E-state index contributed by atoms with van der Waals surface area (Å²) in [5, 5.41) is 0. The van der Waals surface area contributed by atoms with E-state index in [0.717, 1.165) is 22.7 Å². The van der Waals surface area contributed by atoms with E-state index in [1.807, 2.05) is 121 Å². The number of para-hydroxylation sites is 4. The highest BCUT2D eigenvalue weighted by Gasteiger charge is 1.74. The molecule has 0 aliphatic rings. The third-order valence-corrected chi connectivity index (χ3v) is 3.20. The quantitative estimate of drug-likeness (QED) is 0.334. The Kier molecular flexibility index (Phi) is 14.0. The van der Waals surface area contributed by atoms with Crippen molar-refractivity contribution in [2.45, 2.75) is 0 Å². The molecule has 0 amide bonds. The van der Waals surface area contributed by atoms with Gasteiger partial charge in [0.1, 0.15) is 0 Å². The lowest BCUT2D eigenvalue weighted by atomic mass is 10.3. The minimum Gasteiger partial charge on any atom is -0.412 e. The summed E-state index contributed by atoms with van der Waals surface area (Å²) in [5.74, 6) is 0. The van der Waals surface area contributed by atoms with Gasteiger partial charge in [0, 0.05) is 22.7 Å². The number of hydrogen-bond donors (Lipinski definition) is 4. The van der Waals surface area contributed by atoms with E-state index in [1.54, 1.807) is 0 Å². The van der Waals surface area contributed by atoms with Crippen LogP contribution in [-0.2, 0) is 0 Å². The lowest BCUT2D eigenvalue weighted by molar-refractivity contribution is 0.824. The van der Waals surface area contributed by atoms with Gasteiger partial charge < -0.3 is 28.4 Å². The van der Waals surface area contributed by atoms with E-state index in [2.05, 4.69) is 0 Å². The summed E-state index contributed by atoms with van der Waals surface area (Å²) in [6.45, 7) is 0. The summed E-state index contributed by atoms with van der Waals surface area (Å²) in [5.41, 5.74) is 24.7. The fourth-order valence-electron chi connectivity index (χ4n) is 1.81. The van der Waals surface area contributed by atoms with Crippen LogP contribution in [0, 0.1) is 0 Å². The van der Waals surface area contributed by atoms with Crippen LogP contribution in [0.1, 0.15) is 0 Å². The summed E-state index contributed by atoms with van der Waals surface area (Å²) in [7, 11) is 0. The minimum atomic E-state index is 0. The fourth-order valence-corrected chi connectivity index (χ4v) is 1.81. The Morgan fingerprint density at radius 1 is 0.276 bits per heavy atom. The molecule has 4 rings (SSSR count). The van der Waals surface area contributed by atoms with Crippen LogP contribution in [0.25, 0.3) is 0 Å². The smallest absolute Gasteiger partial charge is 0.0313 e. The van der Waals surface area contributed by atoms with Gasteiger partial charge in [0.25, 0.3) is 0 Å². The van der Waals surface area contributed by atoms with Gasteiger partial charge in [-0.3, -0.25) is 0 Å². The average molecular weight is 391 g/mol. The van der Waals surface area contributed by atoms with Crippen molar-refractivity contribution in [1.29, 1.82) is 0 Å². The Hall–Kier alpha value is -3.96. The van der Waals surface area contributed by atoms with Gasteiger partial charge in [0.15, 0.2) is 0 Å². The molecule has 0 fully saturated rings. The average Bonchev–Trinajstić information content (AvgIpc) is 2.72. The second-order valence-electron chi connectivity index (χ2n) is 5.64. The number of anilines is 4. The summed E-state index contributed by atoms with van der Waals surface area (Å²) < 4.78 is 0. The molecule has 5 heteroatoms. The van der Waals surface area contributed by atoms with Gasteiger partial charge in [-0.15, -0.1) is 0 Å². The second kappa shape index (κ2) is 16.2. The number of rotatable bonds is 0. The number of nitrogen functional groups attached to an aromatic ring is 4. The first-order chi connectivity index (χ1) is 13.6. The molecule has 0 aromatic heterocycles. The van der Waals surface area contributed by atoms with Crippen molar-refractivity contribution in [2.75, 3.05) is 22.9 Å². The topological polar surface area (TPSA) is 136 Å². The highest BCUT2D eigenvalue weighted by atomic mass is 16.0. The van der Waals surface area contributed by atoms with Crippen LogP contribution < -0.4 is 22.9 Å². The first-order valence-electron chi connectivity index (χ1n) is 8.80. The zero-order chi connectivity index (χ0) is 20.5. The molecule has 0 aliphatic heterocycles. The van der Waals surface area contributed by atoms with Crippen LogP contribution in [0.2, 0.25) is 0 Å².